The van der Waals surface area contributed by atoms with E-state index in [0.29, 0.717) is 27.6 Å². The fourth-order valence-electron chi connectivity index (χ4n) is 3.41. The standard InChI is InChI=1S/C24H15ClFNO3/c25-20-10-16(26)6-5-14(20)13-29-17-7-8-19-22(11-17)30-23(24(19)28)9-15-12-27-21-4-2-1-3-18(15)21/h1-12,27H,13H2. The Morgan fingerprint density at radius 3 is 2.83 bits per heavy atom. The molecule has 148 valence electrons. The van der Waals surface area contributed by atoms with Gasteiger partial charge in [-0.15, -0.1) is 0 Å². The van der Waals surface area contributed by atoms with Gasteiger partial charge in [-0.2, -0.15) is 0 Å². The average Bonchev–Trinajstić information content (AvgIpc) is 3.29. The number of benzene rings is 3. The van der Waals surface area contributed by atoms with Crippen LogP contribution in [0.25, 0.3) is 17.0 Å². The largest absolute Gasteiger partial charge is 0.489 e. The Morgan fingerprint density at radius 2 is 1.97 bits per heavy atom. The van der Waals surface area contributed by atoms with E-state index in [0.717, 1.165) is 16.5 Å². The summed E-state index contributed by atoms with van der Waals surface area (Å²) in [6, 6.07) is 17.0. The smallest absolute Gasteiger partial charge is 0.231 e. The van der Waals surface area contributed by atoms with Crippen LogP contribution in [-0.4, -0.2) is 10.8 Å². The van der Waals surface area contributed by atoms with Gasteiger partial charge in [-0.25, -0.2) is 4.39 Å². The number of nitrogens with one attached hydrogen (secondary N) is 1. The molecule has 30 heavy (non-hydrogen) atoms. The van der Waals surface area contributed by atoms with E-state index in [2.05, 4.69) is 4.98 Å². The number of carbonyl (C=O) groups is 1. The fourth-order valence-corrected chi connectivity index (χ4v) is 3.63. The molecular formula is C24H15ClFNO3. The Balaban J connectivity index is 1.37. The molecule has 5 rings (SSSR count). The first kappa shape index (κ1) is 18.5. The van der Waals surface area contributed by atoms with Crippen LogP contribution in [0.4, 0.5) is 4.39 Å². The lowest BCUT2D eigenvalue weighted by Gasteiger charge is -2.08. The number of ketones is 1. The number of fused-ring (bicyclic) bond motifs is 2. The second kappa shape index (κ2) is 7.35. The van der Waals surface area contributed by atoms with Crippen molar-refractivity contribution in [2.75, 3.05) is 0 Å². The zero-order chi connectivity index (χ0) is 20.7. The van der Waals surface area contributed by atoms with Crippen molar-refractivity contribution in [3.63, 3.8) is 0 Å². The van der Waals surface area contributed by atoms with Gasteiger partial charge >= 0.3 is 0 Å². The van der Waals surface area contributed by atoms with Crippen LogP contribution in [0.1, 0.15) is 21.5 Å². The number of hydrogen-bond acceptors (Lipinski definition) is 3. The van der Waals surface area contributed by atoms with Crippen LogP contribution in [0.5, 0.6) is 11.5 Å². The minimum atomic E-state index is -0.400. The molecular weight excluding hydrogens is 405 g/mol. The molecule has 0 saturated heterocycles. The van der Waals surface area contributed by atoms with Crippen LogP contribution >= 0.6 is 11.6 Å². The monoisotopic (exact) mass is 419 g/mol. The van der Waals surface area contributed by atoms with Gasteiger partial charge in [-0.1, -0.05) is 35.9 Å². The van der Waals surface area contributed by atoms with Crippen LogP contribution in [0, 0.1) is 5.82 Å². The molecule has 2 heterocycles. The summed E-state index contributed by atoms with van der Waals surface area (Å²) in [5, 5.41) is 1.31. The SMILES string of the molecule is O=C1C(=Cc2c[nH]c3ccccc23)Oc2cc(OCc3ccc(F)cc3Cl)ccc21. The van der Waals surface area contributed by atoms with E-state index in [4.69, 9.17) is 21.1 Å². The van der Waals surface area contributed by atoms with Crippen molar-refractivity contribution >= 4 is 34.4 Å². The number of hydrogen-bond donors (Lipinski definition) is 1. The molecule has 0 atom stereocenters. The molecule has 0 saturated carbocycles. The number of aromatic amines is 1. The molecule has 0 unspecified atom stereocenters. The van der Waals surface area contributed by atoms with Gasteiger partial charge in [0, 0.05) is 34.3 Å². The number of allylic oxidation sites excluding steroid dienone is 1. The molecule has 1 aliphatic rings. The number of H-pyrrole nitrogens is 1. The highest BCUT2D eigenvalue weighted by atomic mass is 35.5. The molecule has 0 spiro atoms. The van der Waals surface area contributed by atoms with Crippen molar-refractivity contribution in [2.24, 2.45) is 0 Å². The summed E-state index contributed by atoms with van der Waals surface area (Å²) < 4.78 is 24.7. The lowest BCUT2D eigenvalue weighted by Crippen LogP contribution is -1.98. The molecule has 0 radical (unpaired) electrons. The normalized spacial score (nSPS) is 14.2. The summed E-state index contributed by atoms with van der Waals surface area (Å²) in [7, 11) is 0. The van der Waals surface area contributed by atoms with E-state index in [9.17, 15) is 9.18 Å². The Bertz CT molecular complexity index is 1330. The molecule has 1 N–H and O–H groups in total. The Hall–Kier alpha value is -3.57. The van der Waals surface area contributed by atoms with Crippen LogP contribution in [0.15, 0.2) is 72.6 Å². The first-order valence-electron chi connectivity index (χ1n) is 9.29. The maximum absolute atomic E-state index is 13.2. The van der Waals surface area contributed by atoms with Crippen molar-refractivity contribution in [1.29, 1.82) is 0 Å². The van der Waals surface area contributed by atoms with Crippen molar-refractivity contribution < 1.29 is 18.7 Å². The topological polar surface area (TPSA) is 51.3 Å². The number of rotatable bonds is 4. The Labute approximate surface area is 176 Å². The van der Waals surface area contributed by atoms with Gasteiger partial charge in [0.2, 0.25) is 5.78 Å². The van der Waals surface area contributed by atoms with E-state index in [1.165, 1.54) is 12.1 Å². The molecule has 0 amide bonds. The third kappa shape index (κ3) is 3.33. The maximum Gasteiger partial charge on any atom is 0.231 e. The van der Waals surface area contributed by atoms with E-state index in [-0.39, 0.29) is 18.1 Å². The molecule has 0 fully saturated rings. The lowest BCUT2D eigenvalue weighted by molar-refractivity contribution is 0.101. The summed E-state index contributed by atoms with van der Waals surface area (Å²) in [6.45, 7) is 0.171. The molecule has 1 aliphatic heterocycles. The van der Waals surface area contributed by atoms with Gasteiger partial charge < -0.3 is 14.5 Å². The number of carbonyl (C=O) groups excluding carboxylic acids is 1. The minimum absolute atomic E-state index is 0.171. The number of Topliss-reactive ketones (excluding diaryl/α,β-unsaturated/α-hetero) is 1. The van der Waals surface area contributed by atoms with Gasteiger partial charge in [-0.05, 0) is 36.4 Å². The quantitative estimate of drug-likeness (QED) is 0.403. The molecule has 0 aliphatic carbocycles. The Morgan fingerprint density at radius 1 is 1.10 bits per heavy atom. The highest BCUT2D eigenvalue weighted by molar-refractivity contribution is 6.31. The van der Waals surface area contributed by atoms with E-state index < -0.39 is 5.82 Å². The second-order valence-electron chi connectivity index (χ2n) is 6.91. The predicted octanol–water partition coefficient (Wildman–Crippen LogP) is 6.16. The number of ether oxygens (including phenoxy) is 2. The second-order valence-corrected chi connectivity index (χ2v) is 7.32. The van der Waals surface area contributed by atoms with Crippen molar-refractivity contribution in [3.8, 4) is 11.5 Å². The zero-order valence-corrected chi connectivity index (χ0v) is 16.4. The summed E-state index contributed by atoms with van der Waals surface area (Å²) in [4.78, 5) is 15.9. The van der Waals surface area contributed by atoms with Gasteiger partial charge in [0.25, 0.3) is 0 Å². The van der Waals surface area contributed by atoms with Crippen molar-refractivity contribution in [1.82, 2.24) is 4.98 Å². The summed E-state index contributed by atoms with van der Waals surface area (Å²) in [6.07, 6.45) is 3.58. The minimum Gasteiger partial charge on any atom is -0.489 e. The third-order valence-electron chi connectivity index (χ3n) is 4.96. The van der Waals surface area contributed by atoms with Crippen molar-refractivity contribution in [2.45, 2.75) is 6.61 Å². The highest BCUT2D eigenvalue weighted by Crippen LogP contribution is 2.36. The van der Waals surface area contributed by atoms with Gasteiger partial charge in [0.1, 0.15) is 23.9 Å². The molecule has 1 aromatic heterocycles. The fraction of sp³-hybridized carbons (Fsp3) is 0.0417. The summed E-state index contributed by atoms with van der Waals surface area (Å²) >= 11 is 6.04. The number of halogens is 2. The first-order valence-corrected chi connectivity index (χ1v) is 9.67. The van der Waals surface area contributed by atoms with Gasteiger partial charge in [0.15, 0.2) is 5.76 Å². The molecule has 4 nitrogen and oxygen atoms in total. The van der Waals surface area contributed by atoms with E-state index in [1.54, 1.807) is 30.3 Å². The van der Waals surface area contributed by atoms with Crippen LogP contribution in [0.2, 0.25) is 5.02 Å². The maximum atomic E-state index is 13.2. The van der Waals surface area contributed by atoms with Gasteiger partial charge in [-0.3, -0.25) is 4.79 Å². The molecule has 3 aromatic carbocycles. The Kier molecular flexibility index (Phi) is 4.52. The summed E-state index contributed by atoms with van der Waals surface area (Å²) in [5.41, 5.74) is 3.01. The molecule has 0 bridgehead atoms. The number of para-hydroxylation sites is 1. The third-order valence-corrected chi connectivity index (χ3v) is 5.31. The van der Waals surface area contributed by atoms with E-state index >= 15 is 0 Å². The zero-order valence-electron chi connectivity index (χ0n) is 15.6. The average molecular weight is 420 g/mol. The summed E-state index contributed by atoms with van der Waals surface area (Å²) in [5.74, 6) is 0.642. The predicted molar refractivity (Wildman–Crippen MR) is 113 cm³/mol. The highest BCUT2D eigenvalue weighted by Gasteiger charge is 2.28. The molecule has 6 heteroatoms. The lowest BCUT2D eigenvalue weighted by atomic mass is 10.1. The van der Waals surface area contributed by atoms with Crippen LogP contribution in [-0.2, 0) is 6.61 Å². The van der Waals surface area contributed by atoms with E-state index in [1.807, 2.05) is 30.5 Å². The first-order chi connectivity index (χ1) is 14.6. The van der Waals surface area contributed by atoms with Gasteiger partial charge in [0.05, 0.1) is 10.6 Å². The molecule has 4 aromatic rings. The van der Waals surface area contributed by atoms with Crippen LogP contribution in [0.3, 0.4) is 0 Å². The number of aromatic nitrogens is 1. The van der Waals surface area contributed by atoms with Crippen LogP contribution < -0.4 is 9.47 Å². The van der Waals surface area contributed by atoms with Crippen molar-refractivity contribution in [3.05, 3.63) is 100 Å².